The zero-order valence-electron chi connectivity index (χ0n) is 15.7. The summed E-state index contributed by atoms with van der Waals surface area (Å²) in [6, 6.07) is 10.4. The van der Waals surface area contributed by atoms with Gasteiger partial charge in [-0.05, 0) is 48.6 Å². The molecule has 3 rings (SSSR count). The lowest BCUT2D eigenvalue weighted by Gasteiger charge is -2.25. The second-order valence-electron chi connectivity index (χ2n) is 7.06. The lowest BCUT2D eigenvalue weighted by molar-refractivity contribution is -0.133. The van der Waals surface area contributed by atoms with Crippen molar-refractivity contribution >= 4 is 5.91 Å². The fourth-order valence-electron chi connectivity index (χ4n) is 3.44. The quantitative estimate of drug-likeness (QED) is 0.750. The first-order valence-electron chi connectivity index (χ1n) is 9.59. The van der Waals surface area contributed by atoms with Crippen molar-refractivity contribution in [3.05, 3.63) is 65.7 Å². The number of nitrogens with one attached hydrogen (secondary N) is 2. The van der Waals surface area contributed by atoms with Crippen LogP contribution in [0.5, 0.6) is 0 Å². The summed E-state index contributed by atoms with van der Waals surface area (Å²) in [6.07, 6.45) is 7.14. The van der Waals surface area contributed by atoms with Crippen LogP contribution in [0.2, 0.25) is 0 Å². The van der Waals surface area contributed by atoms with Crippen molar-refractivity contribution in [2.45, 2.75) is 51.2 Å². The van der Waals surface area contributed by atoms with Crippen LogP contribution in [-0.4, -0.2) is 34.4 Å². The second kappa shape index (κ2) is 9.58. The Morgan fingerprint density at radius 1 is 1.22 bits per heavy atom. The van der Waals surface area contributed by atoms with E-state index < -0.39 is 0 Å². The molecule has 1 saturated heterocycles. The minimum Gasteiger partial charge on any atom is -0.337 e. The van der Waals surface area contributed by atoms with Gasteiger partial charge in [0, 0.05) is 31.5 Å². The monoisotopic (exact) mass is 370 g/mol. The zero-order chi connectivity index (χ0) is 19.1. The molecule has 6 heteroatoms. The predicted molar refractivity (Wildman–Crippen MR) is 103 cm³/mol. The first-order valence-corrected chi connectivity index (χ1v) is 9.59. The number of amides is 1. The van der Waals surface area contributed by atoms with Crippen molar-refractivity contribution < 1.29 is 9.18 Å². The molecule has 144 valence electrons. The van der Waals surface area contributed by atoms with E-state index in [1.54, 1.807) is 24.5 Å². The van der Waals surface area contributed by atoms with Gasteiger partial charge in [0.05, 0.1) is 0 Å². The SMILES string of the molecule is CCCC1CC(C(=O)N(CCc2ccc(F)cc2)Cc2cccnc2)NN1. The summed E-state index contributed by atoms with van der Waals surface area (Å²) in [7, 11) is 0. The summed E-state index contributed by atoms with van der Waals surface area (Å²) < 4.78 is 13.1. The molecule has 27 heavy (non-hydrogen) atoms. The highest BCUT2D eigenvalue weighted by molar-refractivity contribution is 5.82. The number of nitrogens with zero attached hydrogens (tertiary/aromatic N) is 2. The Bertz CT molecular complexity index is 723. The summed E-state index contributed by atoms with van der Waals surface area (Å²) in [4.78, 5) is 19.1. The molecule has 2 aromatic rings. The van der Waals surface area contributed by atoms with E-state index in [0.29, 0.717) is 25.6 Å². The molecule has 0 radical (unpaired) electrons. The Kier molecular flexibility index (Phi) is 6.90. The third-order valence-electron chi connectivity index (χ3n) is 4.91. The summed E-state index contributed by atoms with van der Waals surface area (Å²) in [5, 5.41) is 0. The molecule has 0 spiro atoms. The highest BCUT2D eigenvalue weighted by Gasteiger charge is 2.31. The number of halogens is 1. The van der Waals surface area contributed by atoms with Crippen molar-refractivity contribution in [1.82, 2.24) is 20.7 Å². The molecule has 1 aliphatic rings. The summed E-state index contributed by atoms with van der Waals surface area (Å²) >= 11 is 0. The second-order valence-corrected chi connectivity index (χ2v) is 7.06. The van der Waals surface area contributed by atoms with Crippen LogP contribution in [0.1, 0.15) is 37.3 Å². The number of carbonyl (C=O) groups is 1. The summed E-state index contributed by atoms with van der Waals surface area (Å²) in [6.45, 7) is 3.24. The molecule has 5 nitrogen and oxygen atoms in total. The fraction of sp³-hybridized carbons (Fsp3) is 0.429. The van der Waals surface area contributed by atoms with Crippen LogP contribution in [0.15, 0.2) is 48.8 Å². The van der Waals surface area contributed by atoms with Gasteiger partial charge in [-0.2, -0.15) is 0 Å². The molecule has 2 atom stereocenters. The van der Waals surface area contributed by atoms with Crippen LogP contribution in [0.4, 0.5) is 4.39 Å². The Labute approximate surface area is 160 Å². The van der Waals surface area contributed by atoms with Gasteiger partial charge >= 0.3 is 0 Å². The maximum Gasteiger partial charge on any atom is 0.241 e. The van der Waals surface area contributed by atoms with Gasteiger partial charge in [-0.3, -0.25) is 15.2 Å². The van der Waals surface area contributed by atoms with Crippen molar-refractivity contribution in [1.29, 1.82) is 0 Å². The third-order valence-corrected chi connectivity index (χ3v) is 4.91. The molecule has 1 aliphatic heterocycles. The Hall–Kier alpha value is -2.31. The maximum absolute atomic E-state index is 13.1. The molecule has 0 aliphatic carbocycles. The highest BCUT2D eigenvalue weighted by Crippen LogP contribution is 2.15. The van der Waals surface area contributed by atoms with Crippen LogP contribution >= 0.6 is 0 Å². The standard InChI is InChI=1S/C21H27FN4O/c1-2-4-19-13-20(25-24-19)21(27)26(15-17-5-3-11-23-14-17)12-10-16-6-8-18(22)9-7-16/h3,5-9,11,14,19-20,24-25H,2,4,10,12-13,15H2,1H3. The molecule has 0 saturated carbocycles. The minimum absolute atomic E-state index is 0.0899. The smallest absolute Gasteiger partial charge is 0.241 e. The number of aromatic nitrogens is 1. The molecule has 2 N–H and O–H groups in total. The molecule has 1 aromatic carbocycles. The molecule has 1 amide bonds. The topological polar surface area (TPSA) is 57.3 Å². The number of hydrogen-bond donors (Lipinski definition) is 2. The van der Waals surface area contributed by atoms with E-state index in [-0.39, 0.29) is 17.8 Å². The summed E-state index contributed by atoms with van der Waals surface area (Å²) in [5.74, 6) is -0.155. The van der Waals surface area contributed by atoms with Crippen molar-refractivity contribution in [3.63, 3.8) is 0 Å². The van der Waals surface area contributed by atoms with E-state index in [1.165, 1.54) is 12.1 Å². The third kappa shape index (κ3) is 5.58. The number of carbonyl (C=O) groups excluding carboxylic acids is 1. The predicted octanol–water partition coefficient (Wildman–Crippen LogP) is 2.83. The van der Waals surface area contributed by atoms with Gasteiger partial charge in [0.15, 0.2) is 0 Å². The zero-order valence-corrected chi connectivity index (χ0v) is 15.7. The Morgan fingerprint density at radius 2 is 2.04 bits per heavy atom. The van der Waals surface area contributed by atoms with Crippen molar-refractivity contribution in [3.8, 4) is 0 Å². The lowest BCUT2D eigenvalue weighted by Crippen LogP contribution is -2.46. The van der Waals surface area contributed by atoms with Crippen LogP contribution in [0.3, 0.4) is 0 Å². The molecular weight excluding hydrogens is 343 g/mol. The molecule has 1 aromatic heterocycles. The van der Waals surface area contributed by atoms with Gasteiger partial charge in [-0.1, -0.05) is 31.5 Å². The van der Waals surface area contributed by atoms with Crippen molar-refractivity contribution in [2.24, 2.45) is 0 Å². The van der Waals surface area contributed by atoms with Crippen LogP contribution in [-0.2, 0) is 17.8 Å². The van der Waals surface area contributed by atoms with E-state index >= 15 is 0 Å². The van der Waals surface area contributed by atoms with Gasteiger partial charge in [0.2, 0.25) is 5.91 Å². The van der Waals surface area contributed by atoms with E-state index in [2.05, 4.69) is 22.8 Å². The lowest BCUT2D eigenvalue weighted by atomic mass is 10.0. The molecule has 1 fully saturated rings. The van der Waals surface area contributed by atoms with Crippen LogP contribution in [0, 0.1) is 5.82 Å². The van der Waals surface area contributed by atoms with Gasteiger partial charge in [0.1, 0.15) is 11.9 Å². The van der Waals surface area contributed by atoms with Gasteiger partial charge < -0.3 is 4.90 Å². The number of hydrogen-bond acceptors (Lipinski definition) is 4. The van der Waals surface area contributed by atoms with E-state index in [0.717, 1.165) is 30.4 Å². The fourth-order valence-corrected chi connectivity index (χ4v) is 3.44. The van der Waals surface area contributed by atoms with Gasteiger partial charge in [-0.25, -0.2) is 9.82 Å². The average molecular weight is 370 g/mol. The first kappa shape index (κ1) is 19.5. The van der Waals surface area contributed by atoms with Crippen molar-refractivity contribution in [2.75, 3.05) is 6.54 Å². The van der Waals surface area contributed by atoms with Crippen LogP contribution < -0.4 is 10.9 Å². The highest BCUT2D eigenvalue weighted by atomic mass is 19.1. The largest absolute Gasteiger partial charge is 0.337 e. The first-order chi connectivity index (χ1) is 13.2. The summed E-state index contributed by atoms with van der Waals surface area (Å²) in [5.41, 5.74) is 8.41. The maximum atomic E-state index is 13.1. The van der Waals surface area contributed by atoms with E-state index in [1.807, 2.05) is 17.0 Å². The molecule has 2 heterocycles. The minimum atomic E-state index is -0.245. The van der Waals surface area contributed by atoms with Gasteiger partial charge in [-0.15, -0.1) is 0 Å². The molecular formula is C21H27FN4O. The number of pyridine rings is 1. The Morgan fingerprint density at radius 3 is 2.74 bits per heavy atom. The number of benzene rings is 1. The number of hydrazine groups is 1. The number of rotatable bonds is 8. The van der Waals surface area contributed by atoms with E-state index in [9.17, 15) is 9.18 Å². The normalized spacial score (nSPS) is 19.2. The van der Waals surface area contributed by atoms with E-state index in [4.69, 9.17) is 0 Å². The van der Waals surface area contributed by atoms with Crippen LogP contribution in [0.25, 0.3) is 0 Å². The molecule has 0 bridgehead atoms. The Balaban J connectivity index is 1.67. The average Bonchev–Trinajstić information content (AvgIpc) is 3.15. The van der Waals surface area contributed by atoms with Gasteiger partial charge in [0.25, 0.3) is 0 Å². The molecule has 2 unspecified atom stereocenters.